The zero-order chi connectivity index (χ0) is 17.2. The zero-order valence-corrected chi connectivity index (χ0v) is 14.8. The Hall–Kier alpha value is -2.21. The molecule has 0 unspecified atom stereocenters. The third-order valence-electron chi connectivity index (χ3n) is 5.32. The molecule has 0 saturated carbocycles. The van der Waals surface area contributed by atoms with Crippen molar-refractivity contribution in [1.82, 2.24) is 24.6 Å². The van der Waals surface area contributed by atoms with E-state index in [4.69, 9.17) is 0 Å². The highest BCUT2D eigenvalue weighted by atomic mass is 16.2. The average molecular weight is 339 g/mol. The van der Waals surface area contributed by atoms with Crippen LogP contribution in [0.2, 0.25) is 0 Å². The Morgan fingerprint density at radius 1 is 1.24 bits per heavy atom. The van der Waals surface area contributed by atoms with Gasteiger partial charge in [0, 0.05) is 44.6 Å². The Bertz CT molecular complexity index is 736. The fourth-order valence-corrected chi connectivity index (χ4v) is 3.84. The van der Waals surface area contributed by atoms with Crippen LogP contribution in [0.5, 0.6) is 0 Å². The molecule has 0 aromatic carbocycles. The first-order valence-corrected chi connectivity index (χ1v) is 9.19. The van der Waals surface area contributed by atoms with Crippen molar-refractivity contribution in [3.8, 4) is 0 Å². The largest absolute Gasteiger partial charge is 0.337 e. The molecule has 0 bridgehead atoms. The molecule has 1 amide bonds. The summed E-state index contributed by atoms with van der Waals surface area (Å²) in [6.07, 6.45) is 6.96. The van der Waals surface area contributed by atoms with Crippen molar-refractivity contribution in [3.63, 3.8) is 0 Å². The standard InChI is InChI=1S/C19H25N5O/c1-15(11-16-5-4-6-20-13-16)23-9-10-24-17(14-23)12-18(21-24)19(25)22-7-2-3-8-22/h4-6,12-13,15H,2-3,7-11,14H2,1H3/t15-/m0/s1. The Morgan fingerprint density at radius 2 is 2.08 bits per heavy atom. The Morgan fingerprint density at radius 3 is 2.84 bits per heavy atom. The van der Waals surface area contributed by atoms with Gasteiger partial charge in [0.2, 0.25) is 0 Å². The molecule has 2 aliphatic rings. The zero-order valence-electron chi connectivity index (χ0n) is 14.8. The van der Waals surface area contributed by atoms with Crippen molar-refractivity contribution in [3.05, 3.63) is 47.5 Å². The van der Waals surface area contributed by atoms with Gasteiger partial charge in [0.25, 0.3) is 5.91 Å². The lowest BCUT2D eigenvalue weighted by atomic mass is 10.1. The predicted octanol–water partition coefficient (Wildman–Crippen LogP) is 1.96. The third kappa shape index (κ3) is 3.44. The summed E-state index contributed by atoms with van der Waals surface area (Å²) in [7, 11) is 0. The molecule has 4 rings (SSSR count). The van der Waals surface area contributed by atoms with Gasteiger partial charge in [-0.2, -0.15) is 5.10 Å². The topological polar surface area (TPSA) is 54.3 Å². The highest BCUT2D eigenvalue weighted by Crippen LogP contribution is 2.20. The van der Waals surface area contributed by atoms with Crippen molar-refractivity contribution in [2.45, 2.75) is 45.3 Å². The molecular weight excluding hydrogens is 314 g/mol. The van der Waals surface area contributed by atoms with E-state index in [0.29, 0.717) is 11.7 Å². The Balaban J connectivity index is 1.43. The molecule has 132 valence electrons. The normalized spacial score (nSPS) is 19.0. The molecule has 1 saturated heterocycles. The second-order valence-electron chi connectivity index (χ2n) is 7.13. The van der Waals surface area contributed by atoms with Gasteiger partial charge in [-0.3, -0.25) is 19.4 Å². The molecule has 0 radical (unpaired) electrons. The summed E-state index contributed by atoms with van der Waals surface area (Å²) in [4.78, 5) is 21.1. The molecule has 2 aromatic rings. The molecule has 0 N–H and O–H groups in total. The van der Waals surface area contributed by atoms with Crippen molar-refractivity contribution in [2.75, 3.05) is 19.6 Å². The van der Waals surface area contributed by atoms with Crippen molar-refractivity contribution < 1.29 is 4.79 Å². The monoisotopic (exact) mass is 339 g/mol. The summed E-state index contributed by atoms with van der Waals surface area (Å²) in [5.41, 5.74) is 3.02. The summed E-state index contributed by atoms with van der Waals surface area (Å²) in [5, 5.41) is 4.56. The number of aromatic nitrogens is 3. The predicted molar refractivity (Wildman–Crippen MR) is 95.2 cm³/mol. The molecule has 1 atom stereocenters. The van der Waals surface area contributed by atoms with Crippen LogP contribution in [0, 0.1) is 0 Å². The molecule has 1 fully saturated rings. The van der Waals surface area contributed by atoms with Crippen LogP contribution in [0.1, 0.15) is 41.5 Å². The van der Waals surface area contributed by atoms with E-state index < -0.39 is 0 Å². The minimum absolute atomic E-state index is 0.0920. The molecule has 0 aliphatic carbocycles. The van der Waals surface area contributed by atoms with Crippen LogP contribution >= 0.6 is 0 Å². The van der Waals surface area contributed by atoms with E-state index in [-0.39, 0.29) is 5.91 Å². The number of fused-ring (bicyclic) bond motifs is 1. The molecule has 0 spiro atoms. The fourth-order valence-electron chi connectivity index (χ4n) is 3.84. The maximum absolute atomic E-state index is 12.6. The van der Waals surface area contributed by atoms with E-state index in [0.717, 1.165) is 57.7 Å². The number of rotatable bonds is 4. The smallest absolute Gasteiger partial charge is 0.274 e. The fraction of sp³-hybridized carbons (Fsp3) is 0.526. The van der Waals surface area contributed by atoms with E-state index in [1.54, 1.807) is 0 Å². The molecule has 6 nitrogen and oxygen atoms in total. The molecule has 2 aliphatic heterocycles. The highest BCUT2D eigenvalue weighted by Gasteiger charge is 2.26. The SMILES string of the molecule is C[C@@H](Cc1cccnc1)N1CCn2nc(C(=O)N3CCCC3)cc2C1. The number of hydrogen-bond acceptors (Lipinski definition) is 4. The summed E-state index contributed by atoms with van der Waals surface area (Å²) in [6, 6.07) is 6.54. The summed E-state index contributed by atoms with van der Waals surface area (Å²) >= 11 is 0. The quantitative estimate of drug-likeness (QED) is 0.854. The first kappa shape index (κ1) is 16.3. The lowest BCUT2D eigenvalue weighted by Gasteiger charge is -2.32. The van der Waals surface area contributed by atoms with Crippen molar-refractivity contribution >= 4 is 5.91 Å². The number of hydrogen-bond donors (Lipinski definition) is 0. The van der Waals surface area contributed by atoms with Gasteiger partial charge in [-0.25, -0.2) is 0 Å². The second kappa shape index (κ2) is 6.96. The summed E-state index contributed by atoms with van der Waals surface area (Å²) in [5.74, 6) is 0.0920. The molecule has 25 heavy (non-hydrogen) atoms. The summed E-state index contributed by atoms with van der Waals surface area (Å²) in [6.45, 7) is 6.66. The van der Waals surface area contributed by atoms with E-state index in [1.165, 1.54) is 5.56 Å². The molecule has 6 heteroatoms. The molecule has 2 aromatic heterocycles. The van der Waals surface area contributed by atoms with E-state index in [2.05, 4.69) is 28.0 Å². The van der Waals surface area contributed by atoms with Gasteiger partial charge in [0.1, 0.15) is 0 Å². The highest BCUT2D eigenvalue weighted by molar-refractivity contribution is 5.92. The van der Waals surface area contributed by atoms with Gasteiger partial charge >= 0.3 is 0 Å². The number of nitrogens with zero attached hydrogens (tertiary/aromatic N) is 5. The van der Waals surface area contributed by atoms with Gasteiger partial charge in [0.05, 0.1) is 12.2 Å². The maximum Gasteiger partial charge on any atom is 0.274 e. The van der Waals surface area contributed by atoms with Gasteiger partial charge in [-0.1, -0.05) is 6.07 Å². The van der Waals surface area contributed by atoms with Crippen LogP contribution in [0.4, 0.5) is 0 Å². The number of carbonyl (C=O) groups is 1. The average Bonchev–Trinajstić information content (AvgIpc) is 3.31. The van der Waals surface area contributed by atoms with Crippen LogP contribution in [0.3, 0.4) is 0 Å². The van der Waals surface area contributed by atoms with Crippen molar-refractivity contribution in [2.24, 2.45) is 0 Å². The van der Waals surface area contributed by atoms with E-state index in [9.17, 15) is 4.79 Å². The third-order valence-corrected chi connectivity index (χ3v) is 5.32. The lowest BCUT2D eigenvalue weighted by Crippen LogP contribution is -2.40. The minimum atomic E-state index is 0.0920. The lowest BCUT2D eigenvalue weighted by molar-refractivity contribution is 0.0785. The van der Waals surface area contributed by atoms with E-state index >= 15 is 0 Å². The van der Waals surface area contributed by atoms with Crippen LogP contribution < -0.4 is 0 Å². The van der Waals surface area contributed by atoms with Crippen LogP contribution in [0.25, 0.3) is 0 Å². The number of pyridine rings is 1. The van der Waals surface area contributed by atoms with E-state index in [1.807, 2.05) is 34.1 Å². The Labute approximate surface area is 148 Å². The first-order chi connectivity index (χ1) is 12.2. The van der Waals surface area contributed by atoms with Gasteiger partial charge in [-0.05, 0) is 43.9 Å². The van der Waals surface area contributed by atoms with Crippen LogP contribution in [-0.2, 0) is 19.5 Å². The van der Waals surface area contributed by atoms with Gasteiger partial charge in [0.15, 0.2) is 5.69 Å². The minimum Gasteiger partial charge on any atom is -0.337 e. The van der Waals surface area contributed by atoms with Crippen LogP contribution in [-0.4, -0.2) is 56.1 Å². The molecule has 4 heterocycles. The van der Waals surface area contributed by atoms with Crippen molar-refractivity contribution in [1.29, 1.82) is 0 Å². The Kier molecular flexibility index (Phi) is 4.53. The number of carbonyl (C=O) groups excluding carboxylic acids is 1. The number of amides is 1. The van der Waals surface area contributed by atoms with Gasteiger partial charge in [-0.15, -0.1) is 0 Å². The van der Waals surface area contributed by atoms with Gasteiger partial charge < -0.3 is 4.90 Å². The maximum atomic E-state index is 12.6. The number of likely N-dealkylation sites (tertiary alicyclic amines) is 1. The second-order valence-corrected chi connectivity index (χ2v) is 7.13. The first-order valence-electron chi connectivity index (χ1n) is 9.19. The summed E-state index contributed by atoms with van der Waals surface area (Å²) < 4.78 is 2.01. The van der Waals surface area contributed by atoms with Crippen LogP contribution in [0.15, 0.2) is 30.6 Å². The molecular formula is C19H25N5O.